The van der Waals surface area contributed by atoms with Crippen molar-refractivity contribution in [3.8, 4) is 5.75 Å². The number of fused-ring (bicyclic) bond motifs is 1. The van der Waals surface area contributed by atoms with E-state index in [0.717, 1.165) is 34.7 Å². The molecular weight excluding hydrogens is 238 g/mol. The molecule has 0 radical (unpaired) electrons. The Balaban J connectivity index is 2.05. The first kappa shape index (κ1) is 12.2. The summed E-state index contributed by atoms with van der Waals surface area (Å²) in [4.78, 5) is 4.41. The van der Waals surface area contributed by atoms with E-state index in [2.05, 4.69) is 11.1 Å². The summed E-state index contributed by atoms with van der Waals surface area (Å²) in [7, 11) is 0. The number of aryl methyl sites for hydroxylation is 2. The number of aliphatic hydroxyl groups excluding tert-OH is 1. The van der Waals surface area contributed by atoms with Crippen LogP contribution in [0.1, 0.15) is 34.2 Å². The normalized spacial score (nSPS) is 14.9. The Morgan fingerprint density at radius 3 is 2.79 bits per heavy atom. The molecule has 2 aromatic rings. The molecule has 1 aliphatic heterocycles. The zero-order valence-corrected chi connectivity index (χ0v) is 11.2. The van der Waals surface area contributed by atoms with Crippen LogP contribution in [0.2, 0.25) is 0 Å². The lowest BCUT2D eigenvalue weighted by atomic mass is 9.97. The van der Waals surface area contributed by atoms with Gasteiger partial charge in [-0.1, -0.05) is 24.3 Å². The minimum absolute atomic E-state index is 0.679. The lowest BCUT2D eigenvalue weighted by Gasteiger charge is -2.16. The fourth-order valence-electron chi connectivity index (χ4n) is 2.61. The second-order valence-electron chi connectivity index (χ2n) is 4.96. The third kappa shape index (κ3) is 2.10. The Morgan fingerprint density at radius 2 is 2.00 bits per heavy atom. The summed E-state index contributed by atoms with van der Waals surface area (Å²) < 4.78 is 5.66. The molecule has 0 saturated carbocycles. The summed E-state index contributed by atoms with van der Waals surface area (Å²) in [5.74, 6) is 0.843. The maximum Gasteiger partial charge on any atom is 0.128 e. The highest BCUT2D eigenvalue weighted by Crippen LogP contribution is 2.36. The van der Waals surface area contributed by atoms with Crippen LogP contribution in [0.15, 0.2) is 30.3 Å². The van der Waals surface area contributed by atoms with E-state index in [-0.39, 0.29) is 0 Å². The lowest BCUT2D eigenvalue weighted by molar-refractivity contribution is 0.212. The van der Waals surface area contributed by atoms with Crippen LogP contribution < -0.4 is 4.74 Å². The monoisotopic (exact) mass is 255 g/mol. The van der Waals surface area contributed by atoms with Gasteiger partial charge in [0.1, 0.15) is 11.9 Å². The molecule has 0 spiro atoms. The van der Waals surface area contributed by atoms with Crippen molar-refractivity contribution < 1.29 is 9.84 Å². The molecule has 1 aliphatic rings. The maximum atomic E-state index is 10.6. The van der Waals surface area contributed by atoms with Crippen molar-refractivity contribution in [1.29, 1.82) is 0 Å². The molecule has 1 atom stereocenters. The number of hydrogen-bond acceptors (Lipinski definition) is 3. The summed E-state index contributed by atoms with van der Waals surface area (Å²) in [5, 5.41) is 10.6. The van der Waals surface area contributed by atoms with Gasteiger partial charge in [0, 0.05) is 28.9 Å². The van der Waals surface area contributed by atoms with E-state index in [0.29, 0.717) is 6.61 Å². The number of hydrogen-bond donors (Lipinski definition) is 1. The van der Waals surface area contributed by atoms with Gasteiger partial charge in [-0.25, -0.2) is 0 Å². The molecule has 98 valence electrons. The molecule has 0 saturated heterocycles. The van der Waals surface area contributed by atoms with Crippen molar-refractivity contribution in [3.05, 3.63) is 58.4 Å². The topological polar surface area (TPSA) is 42.4 Å². The first-order valence-corrected chi connectivity index (χ1v) is 6.53. The number of benzene rings is 1. The van der Waals surface area contributed by atoms with Gasteiger partial charge in [-0.2, -0.15) is 0 Å². The number of aromatic nitrogens is 1. The molecule has 3 rings (SSSR count). The first-order chi connectivity index (χ1) is 9.16. The number of ether oxygens (including phenoxy) is 1. The summed E-state index contributed by atoms with van der Waals surface area (Å²) in [6, 6.07) is 9.82. The summed E-state index contributed by atoms with van der Waals surface area (Å²) in [6.45, 7) is 4.58. The predicted octanol–water partition coefficient (Wildman–Crippen LogP) is 2.72. The minimum atomic E-state index is -0.679. The van der Waals surface area contributed by atoms with Gasteiger partial charge in [0.15, 0.2) is 0 Å². The number of para-hydroxylation sites is 1. The molecular formula is C16H17NO2. The van der Waals surface area contributed by atoms with Gasteiger partial charge >= 0.3 is 0 Å². The van der Waals surface area contributed by atoms with Crippen LogP contribution in [0.3, 0.4) is 0 Å². The van der Waals surface area contributed by atoms with Crippen molar-refractivity contribution in [2.24, 2.45) is 0 Å². The Labute approximate surface area is 112 Å². The molecule has 1 aromatic heterocycles. The van der Waals surface area contributed by atoms with Crippen LogP contribution >= 0.6 is 0 Å². The van der Waals surface area contributed by atoms with Gasteiger partial charge in [-0.3, -0.25) is 4.98 Å². The van der Waals surface area contributed by atoms with Gasteiger partial charge in [0.25, 0.3) is 0 Å². The average Bonchev–Trinajstić information content (AvgIpc) is 2.86. The zero-order valence-electron chi connectivity index (χ0n) is 11.2. The third-order valence-electron chi connectivity index (χ3n) is 3.60. The second kappa shape index (κ2) is 4.67. The number of nitrogens with zero attached hydrogens (tertiary/aromatic N) is 1. The van der Waals surface area contributed by atoms with E-state index in [1.807, 2.05) is 38.1 Å². The van der Waals surface area contributed by atoms with Crippen molar-refractivity contribution in [1.82, 2.24) is 4.98 Å². The van der Waals surface area contributed by atoms with Crippen LogP contribution in [0.5, 0.6) is 5.75 Å². The number of pyridine rings is 1. The van der Waals surface area contributed by atoms with E-state index >= 15 is 0 Å². The standard InChI is InChI=1S/C16H17NO2/c1-10-6-7-13(11(2)17-10)15(18)14-5-3-4-12-8-9-19-16(12)14/h3-7,15,18H,8-9H2,1-2H3. The molecule has 19 heavy (non-hydrogen) atoms. The van der Waals surface area contributed by atoms with Crippen LogP contribution in [0.25, 0.3) is 0 Å². The number of rotatable bonds is 2. The molecule has 1 aromatic carbocycles. The van der Waals surface area contributed by atoms with Crippen molar-refractivity contribution in [3.63, 3.8) is 0 Å². The zero-order chi connectivity index (χ0) is 13.4. The highest BCUT2D eigenvalue weighted by molar-refractivity contribution is 5.48. The molecule has 1 unspecified atom stereocenters. The molecule has 3 heteroatoms. The molecule has 1 N–H and O–H groups in total. The number of aliphatic hydroxyl groups is 1. The summed E-state index contributed by atoms with van der Waals surface area (Å²) in [5.41, 5.74) is 4.68. The van der Waals surface area contributed by atoms with Crippen LogP contribution in [-0.2, 0) is 6.42 Å². The first-order valence-electron chi connectivity index (χ1n) is 6.53. The van der Waals surface area contributed by atoms with Crippen molar-refractivity contribution in [2.45, 2.75) is 26.4 Å². The minimum Gasteiger partial charge on any atom is -0.493 e. The van der Waals surface area contributed by atoms with Crippen LogP contribution in [-0.4, -0.2) is 16.7 Å². The van der Waals surface area contributed by atoms with E-state index in [1.54, 1.807) is 0 Å². The van der Waals surface area contributed by atoms with Crippen LogP contribution in [0.4, 0.5) is 0 Å². The SMILES string of the molecule is Cc1ccc(C(O)c2cccc3c2OCC3)c(C)n1. The molecule has 0 bridgehead atoms. The summed E-state index contributed by atoms with van der Waals surface area (Å²) >= 11 is 0. The second-order valence-corrected chi connectivity index (χ2v) is 4.96. The molecule has 3 nitrogen and oxygen atoms in total. The van der Waals surface area contributed by atoms with Gasteiger partial charge in [0.2, 0.25) is 0 Å². The lowest BCUT2D eigenvalue weighted by Crippen LogP contribution is -2.05. The quantitative estimate of drug-likeness (QED) is 0.897. The van der Waals surface area contributed by atoms with Gasteiger partial charge in [-0.15, -0.1) is 0 Å². The Bertz CT molecular complexity index is 622. The summed E-state index contributed by atoms with van der Waals surface area (Å²) in [6.07, 6.45) is 0.238. The van der Waals surface area contributed by atoms with E-state index in [4.69, 9.17) is 4.74 Å². The van der Waals surface area contributed by atoms with Crippen molar-refractivity contribution in [2.75, 3.05) is 6.61 Å². The Morgan fingerprint density at radius 1 is 1.16 bits per heavy atom. The third-order valence-corrected chi connectivity index (χ3v) is 3.60. The molecule has 0 amide bonds. The molecule has 0 aliphatic carbocycles. The Hall–Kier alpha value is -1.87. The van der Waals surface area contributed by atoms with Gasteiger partial charge in [0.05, 0.1) is 6.61 Å². The average molecular weight is 255 g/mol. The molecule has 0 fully saturated rings. The Kier molecular flexibility index (Phi) is 2.99. The maximum absolute atomic E-state index is 10.6. The molecule has 2 heterocycles. The van der Waals surface area contributed by atoms with E-state index in [1.165, 1.54) is 5.56 Å². The fraction of sp³-hybridized carbons (Fsp3) is 0.312. The van der Waals surface area contributed by atoms with Crippen LogP contribution in [0, 0.1) is 13.8 Å². The highest BCUT2D eigenvalue weighted by Gasteiger charge is 2.23. The van der Waals surface area contributed by atoms with Gasteiger partial charge < -0.3 is 9.84 Å². The highest BCUT2D eigenvalue weighted by atomic mass is 16.5. The van der Waals surface area contributed by atoms with Crippen molar-refractivity contribution >= 4 is 0 Å². The van der Waals surface area contributed by atoms with Gasteiger partial charge in [-0.05, 0) is 25.5 Å². The van der Waals surface area contributed by atoms with E-state index < -0.39 is 6.10 Å². The van der Waals surface area contributed by atoms with E-state index in [9.17, 15) is 5.11 Å². The smallest absolute Gasteiger partial charge is 0.128 e. The fourth-order valence-corrected chi connectivity index (χ4v) is 2.61. The predicted molar refractivity (Wildman–Crippen MR) is 73.4 cm³/mol. The largest absolute Gasteiger partial charge is 0.493 e.